The van der Waals surface area contributed by atoms with E-state index < -0.39 is 0 Å². The summed E-state index contributed by atoms with van der Waals surface area (Å²) in [4.78, 5) is 11.0. The molecule has 1 aliphatic heterocycles. The van der Waals surface area contributed by atoms with Crippen molar-refractivity contribution in [2.75, 3.05) is 13.6 Å². The van der Waals surface area contributed by atoms with Crippen molar-refractivity contribution in [1.29, 1.82) is 0 Å². The summed E-state index contributed by atoms with van der Waals surface area (Å²) in [5.74, 6) is 0.958. The molecule has 1 saturated heterocycles. The monoisotopic (exact) mass is 453 g/mol. The normalized spacial score (nSPS) is 18.3. The quantitative estimate of drug-likeness (QED) is 0.438. The van der Waals surface area contributed by atoms with Gasteiger partial charge in [0.2, 0.25) is 0 Å². The number of hydrogen-bond donors (Lipinski definition) is 1. The number of guanidine groups is 1. The molecule has 136 valence electrons. The van der Waals surface area contributed by atoms with Gasteiger partial charge in [-0.05, 0) is 25.5 Å². The number of hydrogen-bond acceptors (Lipinski definition) is 2. The van der Waals surface area contributed by atoms with Gasteiger partial charge in [0.05, 0.1) is 12.0 Å². The number of aliphatic imine (C=N–C) groups is 1. The molecule has 1 aromatic carbocycles. The van der Waals surface area contributed by atoms with E-state index in [4.69, 9.17) is 0 Å². The molecule has 6 heteroatoms. The Morgan fingerprint density at radius 1 is 1.24 bits per heavy atom. The van der Waals surface area contributed by atoms with Gasteiger partial charge in [0.1, 0.15) is 0 Å². The van der Waals surface area contributed by atoms with Crippen LogP contribution in [0.15, 0.2) is 48.0 Å². The first-order valence-electron chi connectivity index (χ1n) is 8.41. The van der Waals surface area contributed by atoms with Gasteiger partial charge in [0.15, 0.2) is 5.96 Å². The highest BCUT2D eigenvalue weighted by Gasteiger charge is 2.53. The van der Waals surface area contributed by atoms with Crippen LogP contribution in [0.5, 0.6) is 0 Å². The predicted molar refractivity (Wildman–Crippen MR) is 114 cm³/mol. The average molecular weight is 453 g/mol. The summed E-state index contributed by atoms with van der Waals surface area (Å²) in [7, 11) is 1.85. The maximum atomic E-state index is 4.49. The molecule has 0 amide bonds. The lowest BCUT2D eigenvalue weighted by molar-refractivity contribution is -0.0667. The zero-order valence-corrected chi connectivity index (χ0v) is 18.0. The topological polar surface area (TPSA) is 45.5 Å². The van der Waals surface area contributed by atoms with Crippen LogP contribution in [0.1, 0.15) is 33.3 Å². The summed E-state index contributed by atoms with van der Waals surface area (Å²) >= 11 is 0. The van der Waals surface area contributed by atoms with Crippen LogP contribution in [0, 0.1) is 5.41 Å². The summed E-state index contributed by atoms with van der Waals surface area (Å²) in [6, 6.07) is 8.37. The van der Waals surface area contributed by atoms with Crippen molar-refractivity contribution < 1.29 is 0 Å². The number of benzene rings is 1. The molecule has 0 atom stereocenters. The van der Waals surface area contributed by atoms with Gasteiger partial charge in [-0.3, -0.25) is 4.99 Å². The molecule has 3 rings (SSSR count). The third-order valence-electron chi connectivity index (χ3n) is 5.56. The van der Waals surface area contributed by atoms with Gasteiger partial charge in [-0.15, -0.1) is 24.0 Å². The molecule has 0 bridgehead atoms. The number of rotatable bonds is 3. The van der Waals surface area contributed by atoms with E-state index in [0.717, 1.165) is 24.7 Å². The SMILES string of the molecule is CN=C(NCc1ccccc1-n1ccnc1)N1CC(C)(C)C1(C)C.I. The lowest BCUT2D eigenvalue weighted by atomic mass is 9.65. The molecule has 0 aliphatic carbocycles. The lowest BCUT2D eigenvalue weighted by Gasteiger charge is -2.62. The molecule has 2 aromatic rings. The van der Waals surface area contributed by atoms with E-state index in [-0.39, 0.29) is 29.5 Å². The van der Waals surface area contributed by atoms with Crippen molar-refractivity contribution in [3.05, 3.63) is 48.5 Å². The first-order valence-corrected chi connectivity index (χ1v) is 8.41. The van der Waals surface area contributed by atoms with E-state index in [1.165, 1.54) is 5.56 Å². The van der Waals surface area contributed by atoms with E-state index in [2.05, 4.69) is 72.2 Å². The molecule has 1 aliphatic rings. The van der Waals surface area contributed by atoms with E-state index in [1.807, 2.05) is 24.1 Å². The molecule has 0 saturated carbocycles. The molecule has 1 aromatic heterocycles. The summed E-state index contributed by atoms with van der Waals surface area (Å²) in [5.41, 5.74) is 2.74. The van der Waals surface area contributed by atoms with Crippen LogP contribution in [0.4, 0.5) is 0 Å². The Labute approximate surface area is 167 Å². The Balaban J connectivity index is 0.00000225. The van der Waals surface area contributed by atoms with Crippen molar-refractivity contribution in [3.63, 3.8) is 0 Å². The minimum absolute atomic E-state index is 0. The Hall–Kier alpha value is -1.57. The zero-order chi connectivity index (χ0) is 17.4. The summed E-state index contributed by atoms with van der Waals surface area (Å²) < 4.78 is 2.04. The second-order valence-electron chi connectivity index (χ2n) is 7.53. The second kappa shape index (κ2) is 7.35. The smallest absolute Gasteiger partial charge is 0.194 e. The fourth-order valence-electron chi connectivity index (χ4n) is 3.18. The molecule has 0 unspecified atom stereocenters. The largest absolute Gasteiger partial charge is 0.352 e. The minimum atomic E-state index is 0. The molecule has 0 spiro atoms. The van der Waals surface area contributed by atoms with E-state index in [9.17, 15) is 0 Å². The van der Waals surface area contributed by atoms with Gasteiger partial charge in [0, 0.05) is 43.5 Å². The Bertz CT molecular complexity index is 734. The number of nitrogens with one attached hydrogen (secondary N) is 1. The molecule has 25 heavy (non-hydrogen) atoms. The molecule has 5 nitrogen and oxygen atoms in total. The minimum Gasteiger partial charge on any atom is -0.352 e. The lowest BCUT2D eigenvalue weighted by Crippen LogP contribution is -2.72. The molecule has 1 fully saturated rings. The zero-order valence-electron chi connectivity index (χ0n) is 15.7. The van der Waals surface area contributed by atoms with Gasteiger partial charge in [0.25, 0.3) is 0 Å². The number of likely N-dealkylation sites (tertiary alicyclic amines) is 1. The molecule has 0 radical (unpaired) electrons. The molecule has 2 heterocycles. The fraction of sp³-hybridized carbons (Fsp3) is 0.474. The van der Waals surface area contributed by atoms with Gasteiger partial charge in [-0.2, -0.15) is 0 Å². The first kappa shape index (κ1) is 19.8. The van der Waals surface area contributed by atoms with Crippen LogP contribution < -0.4 is 5.32 Å². The number of imidazole rings is 1. The number of para-hydroxylation sites is 1. The highest BCUT2D eigenvalue weighted by Crippen LogP contribution is 2.46. The third-order valence-corrected chi connectivity index (χ3v) is 5.56. The maximum Gasteiger partial charge on any atom is 0.194 e. The standard InChI is InChI=1S/C19H27N5.HI/c1-18(2)13-24(19(18,3)4)17(20-5)22-12-15-8-6-7-9-16(15)23-11-10-21-14-23;/h6-11,14H,12-13H2,1-5H3,(H,20,22);1H. The number of nitrogens with zero attached hydrogens (tertiary/aromatic N) is 4. The Kier molecular flexibility index (Phi) is 5.81. The van der Waals surface area contributed by atoms with Crippen molar-refractivity contribution in [1.82, 2.24) is 19.8 Å². The predicted octanol–water partition coefficient (Wildman–Crippen LogP) is 3.69. The second-order valence-corrected chi connectivity index (χ2v) is 7.53. The van der Waals surface area contributed by atoms with E-state index in [0.29, 0.717) is 5.41 Å². The summed E-state index contributed by atoms with van der Waals surface area (Å²) in [5, 5.41) is 3.53. The van der Waals surface area contributed by atoms with Crippen LogP contribution in [-0.4, -0.2) is 39.5 Å². The van der Waals surface area contributed by atoms with Crippen molar-refractivity contribution in [2.24, 2.45) is 10.4 Å². The fourth-order valence-corrected chi connectivity index (χ4v) is 3.18. The Morgan fingerprint density at radius 2 is 1.96 bits per heavy atom. The summed E-state index contributed by atoms with van der Waals surface area (Å²) in [6.45, 7) is 10.9. The van der Waals surface area contributed by atoms with Gasteiger partial charge in [-0.1, -0.05) is 32.0 Å². The molecule has 1 N–H and O–H groups in total. The number of halogens is 1. The average Bonchev–Trinajstić information content (AvgIpc) is 3.09. The van der Waals surface area contributed by atoms with Crippen LogP contribution in [-0.2, 0) is 6.54 Å². The van der Waals surface area contributed by atoms with Gasteiger partial charge in [-0.25, -0.2) is 4.98 Å². The third kappa shape index (κ3) is 3.54. The highest BCUT2D eigenvalue weighted by atomic mass is 127. The first-order chi connectivity index (χ1) is 11.4. The number of aromatic nitrogens is 2. The van der Waals surface area contributed by atoms with Crippen molar-refractivity contribution in [3.8, 4) is 5.69 Å². The van der Waals surface area contributed by atoms with Crippen LogP contribution in [0.3, 0.4) is 0 Å². The van der Waals surface area contributed by atoms with Gasteiger partial charge >= 0.3 is 0 Å². The highest BCUT2D eigenvalue weighted by molar-refractivity contribution is 14.0. The molecular weight excluding hydrogens is 425 g/mol. The van der Waals surface area contributed by atoms with Gasteiger partial charge < -0.3 is 14.8 Å². The van der Waals surface area contributed by atoms with Crippen molar-refractivity contribution >= 4 is 29.9 Å². The van der Waals surface area contributed by atoms with Crippen LogP contribution >= 0.6 is 24.0 Å². The van der Waals surface area contributed by atoms with Crippen LogP contribution in [0.2, 0.25) is 0 Å². The van der Waals surface area contributed by atoms with Crippen LogP contribution in [0.25, 0.3) is 5.69 Å². The molecular formula is C19H28IN5. The van der Waals surface area contributed by atoms with E-state index >= 15 is 0 Å². The Morgan fingerprint density at radius 3 is 2.52 bits per heavy atom. The summed E-state index contributed by atoms with van der Waals surface area (Å²) in [6.07, 6.45) is 5.59. The van der Waals surface area contributed by atoms with Crippen molar-refractivity contribution in [2.45, 2.75) is 39.8 Å². The maximum absolute atomic E-state index is 4.49. The van der Waals surface area contributed by atoms with E-state index in [1.54, 1.807) is 6.20 Å².